The Bertz CT molecular complexity index is 426. The van der Waals surface area contributed by atoms with Crippen molar-refractivity contribution in [1.82, 2.24) is 15.5 Å². The molecule has 1 aliphatic heterocycles. The number of rotatable bonds is 2. The van der Waals surface area contributed by atoms with Gasteiger partial charge in [0, 0.05) is 18.2 Å². The lowest BCUT2D eigenvalue weighted by molar-refractivity contribution is -0.121. The third-order valence-electron chi connectivity index (χ3n) is 3.84. The number of nitrogens with one attached hydrogen (secondary N) is 2. The summed E-state index contributed by atoms with van der Waals surface area (Å²) >= 11 is 1.81. The van der Waals surface area contributed by atoms with E-state index in [4.69, 9.17) is 0 Å². The van der Waals surface area contributed by atoms with E-state index < -0.39 is 0 Å². The summed E-state index contributed by atoms with van der Waals surface area (Å²) in [6, 6.07) is 0.285. The molecular formula is C13H19N3OS. The number of aryl methyl sites for hydroxylation is 1. The molecule has 2 N–H and O–H groups in total. The van der Waals surface area contributed by atoms with Crippen molar-refractivity contribution in [2.24, 2.45) is 0 Å². The fraction of sp³-hybridized carbons (Fsp3) is 0.692. The van der Waals surface area contributed by atoms with Crippen LogP contribution < -0.4 is 5.32 Å². The van der Waals surface area contributed by atoms with E-state index in [0.717, 1.165) is 31.4 Å². The number of hydrogen-bond donors (Lipinski definition) is 2. The van der Waals surface area contributed by atoms with Crippen LogP contribution in [0.25, 0.3) is 0 Å². The van der Waals surface area contributed by atoms with Crippen LogP contribution in [0.1, 0.15) is 36.9 Å². The maximum absolute atomic E-state index is 12.2. The maximum atomic E-state index is 12.2. The molecule has 2 heterocycles. The average molecular weight is 265 g/mol. The number of fused-ring (bicyclic) bond motifs is 1. The second-order valence-electron chi connectivity index (χ2n) is 5.18. The van der Waals surface area contributed by atoms with Gasteiger partial charge in [0.25, 0.3) is 0 Å². The molecule has 0 aromatic carbocycles. The fourth-order valence-electron chi connectivity index (χ4n) is 2.77. The molecule has 1 aromatic rings. The molecule has 1 aromatic heterocycles. The van der Waals surface area contributed by atoms with Gasteiger partial charge in [0.1, 0.15) is 0 Å². The van der Waals surface area contributed by atoms with Crippen molar-refractivity contribution in [3.05, 3.63) is 17.5 Å². The third kappa shape index (κ3) is 2.55. The minimum Gasteiger partial charge on any atom is -0.352 e. The number of carbonyl (C=O) groups is 1. The topological polar surface area (TPSA) is 57.8 Å². The summed E-state index contributed by atoms with van der Waals surface area (Å²) < 4.78 is 0. The van der Waals surface area contributed by atoms with E-state index in [1.807, 2.05) is 18.0 Å². The van der Waals surface area contributed by atoms with Gasteiger partial charge in [-0.25, -0.2) is 0 Å². The number of thioether (sulfide) groups is 1. The van der Waals surface area contributed by atoms with Crippen molar-refractivity contribution in [2.75, 3.05) is 5.75 Å². The summed E-state index contributed by atoms with van der Waals surface area (Å²) in [5.41, 5.74) is 2.51. The molecule has 0 saturated carbocycles. The first kappa shape index (κ1) is 12.1. The van der Waals surface area contributed by atoms with Gasteiger partial charge < -0.3 is 5.32 Å². The van der Waals surface area contributed by atoms with E-state index in [1.165, 1.54) is 24.1 Å². The van der Waals surface area contributed by atoms with Crippen LogP contribution in [0.4, 0.5) is 0 Å². The predicted octanol–water partition coefficient (Wildman–Crippen LogP) is 1.67. The van der Waals surface area contributed by atoms with E-state index in [9.17, 15) is 4.79 Å². The van der Waals surface area contributed by atoms with Gasteiger partial charge in [-0.2, -0.15) is 5.10 Å². The monoisotopic (exact) mass is 265 g/mol. The van der Waals surface area contributed by atoms with Gasteiger partial charge in [-0.3, -0.25) is 9.89 Å². The highest BCUT2D eigenvalue weighted by molar-refractivity contribution is 8.00. The van der Waals surface area contributed by atoms with Crippen LogP contribution >= 0.6 is 11.8 Å². The Kier molecular flexibility index (Phi) is 3.59. The second kappa shape index (κ2) is 5.34. The predicted molar refractivity (Wildman–Crippen MR) is 72.6 cm³/mol. The summed E-state index contributed by atoms with van der Waals surface area (Å²) in [7, 11) is 0. The highest BCUT2D eigenvalue weighted by atomic mass is 32.2. The first-order valence-electron chi connectivity index (χ1n) is 6.76. The molecule has 2 atom stereocenters. The number of amides is 1. The van der Waals surface area contributed by atoms with Gasteiger partial charge in [-0.15, -0.1) is 11.8 Å². The zero-order chi connectivity index (χ0) is 12.4. The molecule has 1 amide bonds. The molecule has 4 nitrogen and oxygen atoms in total. The van der Waals surface area contributed by atoms with Gasteiger partial charge >= 0.3 is 0 Å². The molecule has 5 heteroatoms. The van der Waals surface area contributed by atoms with Gasteiger partial charge in [-0.05, 0) is 37.0 Å². The van der Waals surface area contributed by atoms with Crippen molar-refractivity contribution < 1.29 is 4.79 Å². The SMILES string of the molecule is O=C(NC1CCc2cn[nH]c2C1)C1CCCCS1. The number of aromatic amines is 1. The number of H-pyrrole nitrogens is 1. The Balaban J connectivity index is 1.56. The molecule has 0 radical (unpaired) electrons. The minimum atomic E-state index is 0.182. The normalized spacial score (nSPS) is 27.6. The Hall–Kier alpha value is -0.970. The van der Waals surface area contributed by atoms with Crippen LogP contribution in [-0.4, -0.2) is 33.1 Å². The van der Waals surface area contributed by atoms with Crippen molar-refractivity contribution >= 4 is 17.7 Å². The molecule has 0 bridgehead atoms. The molecule has 2 aliphatic rings. The fourth-order valence-corrected chi connectivity index (χ4v) is 3.98. The lowest BCUT2D eigenvalue weighted by atomic mass is 9.93. The Morgan fingerprint density at radius 1 is 1.44 bits per heavy atom. The van der Waals surface area contributed by atoms with Crippen molar-refractivity contribution in [3.63, 3.8) is 0 Å². The highest BCUT2D eigenvalue weighted by Gasteiger charge is 2.26. The van der Waals surface area contributed by atoms with Crippen molar-refractivity contribution in [1.29, 1.82) is 0 Å². The zero-order valence-electron chi connectivity index (χ0n) is 10.4. The number of carbonyl (C=O) groups excluding carboxylic acids is 1. The third-order valence-corrected chi connectivity index (χ3v) is 5.22. The number of nitrogens with zero attached hydrogens (tertiary/aromatic N) is 1. The maximum Gasteiger partial charge on any atom is 0.233 e. The van der Waals surface area contributed by atoms with E-state index in [2.05, 4.69) is 15.5 Å². The number of hydrogen-bond acceptors (Lipinski definition) is 3. The summed E-state index contributed by atoms with van der Waals surface area (Å²) in [6.07, 6.45) is 8.36. The molecule has 3 rings (SSSR count). The van der Waals surface area contributed by atoms with Gasteiger partial charge in [0.05, 0.1) is 11.4 Å². The summed E-state index contributed by atoms with van der Waals surface area (Å²) in [4.78, 5) is 12.2. The summed E-state index contributed by atoms with van der Waals surface area (Å²) in [5, 5.41) is 10.5. The molecule has 0 spiro atoms. The molecular weight excluding hydrogens is 246 g/mol. The quantitative estimate of drug-likeness (QED) is 0.855. The molecule has 2 unspecified atom stereocenters. The molecule has 98 valence electrons. The standard InChI is InChI=1S/C13H19N3OS/c17-13(12-3-1-2-6-18-12)15-10-5-4-9-8-14-16-11(9)7-10/h8,10,12H,1-7H2,(H,14,16)(H,15,17). The molecule has 1 saturated heterocycles. The first-order chi connectivity index (χ1) is 8.83. The highest BCUT2D eigenvalue weighted by Crippen LogP contribution is 2.26. The van der Waals surface area contributed by atoms with E-state index in [-0.39, 0.29) is 17.2 Å². The lowest BCUT2D eigenvalue weighted by Crippen LogP contribution is -2.43. The second-order valence-corrected chi connectivity index (χ2v) is 6.49. The van der Waals surface area contributed by atoms with Crippen LogP contribution in [0, 0.1) is 0 Å². The van der Waals surface area contributed by atoms with Crippen LogP contribution in [0.15, 0.2) is 6.20 Å². The zero-order valence-corrected chi connectivity index (χ0v) is 11.3. The summed E-state index contributed by atoms with van der Waals surface area (Å²) in [6.45, 7) is 0. The molecule has 18 heavy (non-hydrogen) atoms. The van der Waals surface area contributed by atoms with E-state index in [0.29, 0.717) is 0 Å². The van der Waals surface area contributed by atoms with Gasteiger partial charge in [-0.1, -0.05) is 6.42 Å². The van der Waals surface area contributed by atoms with Crippen LogP contribution in [0.2, 0.25) is 0 Å². The first-order valence-corrected chi connectivity index (χ1v) is 7.81. The Morgan fingerprint density at radius 3 is 3.22 bits per heavy atom. The van der Waals surface area contributed by atoms with E-state index in [1.54, 1.807) is 0 Å². The summed E-state index contributed by atoms with van der Waals surface area (Å²) in [5.74, 6) is 1.38. The van der Waals surface area contributed by atoms with Crippen molar-refractivity contribution in [2.45, 2.75) is 49.8 Å². The van der Waals surface area contributed by atoms with Crippen LogP contribution in [0.3, 0.4) is 0 Å². The molecule has 1 fully saturated rings. The van der Waals surface area contributed by atoms with Gasteiger partial charge in [0.2, 0.25) is 5.91 Å². The smallest absolute Gasteiger partial charge is 0.233 e. The number of aromatic nitrogens is 2. The largest absolute Gasteiger partial charge is 0.352 e. The lowest BCUT2D eigenvalue weighted by Gasteiger charge is -2.26. The molecule has 1 aliphatic carbocycles. The minimum absolute atomic E-state index is 0.182. The van der Waals surface area contributed by atoms with Crippen LogP contribution in [-0.2, 0) is 17.6 Å². The Labute approximate surface area is 111 Å². The Morgan fingerprint density at radius 2 is 2.39 bits per heavy atom. The average Bonchev–Trinajstić information content (AvgIpc) is 2.87. The van der Waals surface area contributed by atoms with Crippen LogP contribution in [0.5, 0.6) is 0 Å². The van der Waals surface area contributed by atoms with Gasteiger partial charge in [0.15, 0.2) is 0 Å². The van der Waals surface area contributed by atoms with E-state index >= 15 is 0 Å². The van der Waals surface area contributed by atoms with Crippen molar-refractivity contribution in [3.8, 4) is 0 Å².